The predicted octanol–water partition coefficient (Wildman–Crippen LogP) is 3.78. The Balaban J connectivity index is 2.31. The highest BCUT2D eigenvalue weighted by Gasteiger charge is 2.38. The van der Waals surface area contributed by atoms with Gasteiger partial charge in [-0.2, -0.15) is 26.3 Å². The fourth-order valence-corrected chi connectivity index (χ4v) is 2.41. The number of alkyl halides is 6. The Morgan fingerprint density at radius 1 is 1.08 bits per heavy atom. The summed E-state index contributed by atoms with van der Waals surface area (Å²) in [5.41, 5.74) is -5.10. The summed E-state index contributed by atoms with van der Waals surface area (Å²) in [4.78, 5) is 15.4. The highest BCUT2D eigenvalue weighted by Crippen LogP contribution is 2.32. The zero-order chi connectivity index (χ0) is 19.3. The van der Waals surface area contributed by atoms with Crippen LogP contribution < -0.4 is 5.56 Å². The summed E-state index contributed by atoms with van der Waals surface area (Å²) in [5, 5.41) is 3.56. The first-order valence-corrected chi connectivity index (χ1v) is 7.08. The molecule has 0 aliphatic heterocycles. The van der Waals surface area contributed by atoms with Crippen LogP contribution >= 0.6 is 0 Å². The Morgan fingerprint density at radius 2 is 1.77 bits per heavy atom. The van der Waals surface area contributed by atoms with Crippen molar-refractivity contribution in [2.24, 2.45) is 0 Å². The zero-order valence-corrected chi connectivity index (χ0v) is 12.9. The summed E-state index contributed by atoms with van der Waals surface area (Å²) in [6.45, 7) is 1.02. The Bertz CT molecular complexity index is 1030. The quantitative estimate of drug-likeness (QED) is 0.638. The molecule has 0 atom stereocenters. The van der Waals surface area contributed by atoms with Crippen molar-refractivity contribution in [1.82, 2.24) is 14.7 Å². The minimum absolute atomic E-state index is 0.0858. The van der Waals surface area contributed by atoms with E-state index < -0.39 is 46.7 Å². The second-order valence-corrected chi connectivity index (χ2v) is 5.48. The van der Waals surface area contributed by atoms with Gasteiger partial charge in [0.2, 0.25) is 5.69 Å². The van der Waals surface area contributed by atoms with Crippen LogP contribution in [0.1, 0.15) is 22.7 Å². The normalized spacial score (nSPS) is 12.7. The van der Waals surface area contributed by atoms with Gasteiger partial charge in [-0.05, 0) is 25.1 Å². The molecule has 0 aliphatic rings. The highest BCUT2D eigenvalue weighted by atomic mass is 19.4. The van der Waals surface area contributed by atoms with Crippen LogP contribution in [-0.2, 0) is 18.9 Å². The van der Waals surface area contributed by atoms with E-state index in [9.17, 15) is 31.1 Å². The average Bonchev–Trinajstić information content (AvgIpc) is 2.92. The third kappa shape index (κ3) is 3.28. The number of fused-ring (bicyclic) bond motifs is 1. The smallest absolute Gasteiger partial charge is 0.361 e. The van der Waals surface area contributed by atoms with Crippen LogP contribution in [0.3, 0.4) is 0 Å². The molecule has 138 valence electrons. The molecule has 0 bridgehead atoms. The lowest BCUT2D eigenvalue weighted by atomic mass is 10.1. The number of aromatic nitrogens is 3. The van der Waals surface area contributed by atoms with E-state index in [1.165, 1.54) is 13.0 Å². The van der Waals surface area contributed by atoms with Gasteiger partial charge in [0.25, 0.3) is 5.56 Å². The predicted molar refractivity (Wildman–Crippen MR) is 76.3 cm³/mol. The Morgan fingerprint density at radius 3 is 2.31 bits per heavy atom. The van der Waals surface area contributed by atoms with Gasteiger partial charge < -0.3 is 4.52 Å². The molecule has 11 heteroatoms. The molecule has 0 amide bonds. The molecular weight excluding hydrogens is 368 g/mol. The summed E-state index contributed by atoms with van der Waals surface area (Å²) >= 11 is 0. The van der Waals surface area contributed by atoms with E-state index in [4.69, 9.17) is 4.52 Å². The van der Waals surface area contributed by atoms with Gasteiger partial charge >= 0.3 is 12.4 Å². The van der Waals surface area contributed by atoms with Crippen molar-refractivity contribution in [1.29, 1.82) is 0 Å². The van der Waals surface area contributed by atoms with E-state index >= 15 is 0 Å². The van der Waals surface area contributed by atoms with E-state index in [1.54, 1.807) is 0 Å². The standard InChI is InChI=1S/C15H9F6N3O2/c1-7-4-9(23-26-7)6-24-11-5-8(14(16,17)18)2-3-10(11)22-12(13(24)25)15(19,20)21/h2-5H,6H2,1H3. The summed E-state index contributed by atoms with van der Waals surface area (Å²) in [5.74, 6) is 0.332. The van der Waals surface area contributed by atoms with Crippen molar-refractivity contribution in [2.75, 3.05) is 0 Å². The maximum atomic E-state index is 13.1. The fraction of sp³-hybridized carbons (Fsp3) is 0.267. The molecule has 0 N–H and O–H groups in total. The molecule has 3 rings (SSSR count). The minimum atomic E-state index is -5.06. The third-order valence-corrected chi connectivity index (χ3v) is 3.54. The van der Waals surface area contributed by atoms with Gasteiger partial charge in [0.1, 0.15) is 11.5 Å². The molecular formula is C15H9F6N3O2. The van der Waals surface area contributed by atoms with Crippen LogP contribution in [-0.4, -0.2) is 14.7 Å². The van der Waals surface area contributed by atoms with E-state index in [-0.39, 0.29) is 5.69 Å². The molecule has 5 nitrogen and oxygen atoms in total. The first kappa shape index (κ1) is 18.0. The Kier molecular flexibility index (Phi) is 4.04. The van der Waals surface area contributed by atoms with Crippen molar-refractivity contribution < 1.29 is 30.9 Å². The van der Waals surface area contributed by atoms with Crippen LogP contribution in [0, 0.1) is 6.92 Å². The van der Waals surface area contributed by atoms with E-state index in [0.717, 1.165) is 6.07 Å². The summed E-state index contributed by atoms with van der Waals surface area (Å²) in [7, 11) is 0. The first-order valence-electron chi connectivity index (χ1n) is 7.08. The number of hydrogen-bond donors (Lipinski definition) is 0. The summed E-state index contributed by atoms with van der Waals surface area (Å²) in [6.07, 6.45) is -9.79. The minimum Gasteiger partial charge on any atom is -0.361 e. The molecule has 0 fully saturated rings. The van der Waals surface area contributed by atoms with Crippen LogP contribution in [0.4, 0.5) is 26.3 Å². The molecule has 2 aromatic heterocycles. The van der Waals surface area contributed by atoms with Crippen molar-refractivity contribution in [3.8, 4) is 0 Å². The Labute approximate surface area is 140 Å². The van der Waals surface area contributed by atoms with Crippen molar-refractivity contribution >= 4 is 11.0 Å². The summed E-state index contributed by atoms with van der Waals surface area (Å²) < 4.78 is 83.4. The molecule has 1 aromatic carbocycles. The van der Waals surface area contributed by atoms with Gasteiger partial charge in [-0.1, -0.05) is 5.16 Å². The lowest BCUT2D eigenvalue weighted by Gasteiger charge is -2.14. The average molecular weight is 377 g/mol. The monoisotopic (exact) mass is 377 g/mol. The maximum absolute atomic E-state index is 13.1. The van der Waals surface area contributed by atoms with Crippen LogP contribution in [0.15, 0.2) is 33.6 Å². The largest absolute Gasteiger partial charge is 0.438 e. The lowest BCUT2D eigenvalue weighted by Crippen LogP contribution is -2.31. The fourth-order valence-electron chi connectivity index (χ4n) is 2.41. The number of rotatable bonds is 2. The number of halogens is 6. The van der Waals surface area contributed by atoms with Gasteiger partial charge in [-0.25, -0.2) is 4.98 Å². The molecule has 26 heavy (non-hydrogen) atoms. The number of benzene rings is 1. The van der Waals surface area contributed by atoms with Gasteiger partial charge in [-0.3, -0.25) is 9.36 Å². The maximum Gasteiger partial charge on any atom is 0.438 e. The van der Waals surface area contributed by atoms with Crippen LogP contribution in [0.5, 0.6) is 0 Å². The second kappa shape index (κ2) is 5.85. The SMILES string of the molecule is Cc1cc(Cn2c(=O)c(C(F)(F)F)nc3ccc(C(F)(F)F)cc32)no1. The van der Waals surface area contributed by atoms with Crippen molar-refractivity contribution in [3.63, 3.8) is 0 Å². The topological polar surface area (TPSA) is 60.9 Å². The summed E-state index contributed by atoms with van der Waals surface area (Å²) in [6, 6.07) is 3.33. The van der Waals surface area contributed by atoms with Crippen LogP contribution in [0.2, 0.25) is 0 Å². The number of aryl methyl sites for hydroxylation is 1. The Hall–Kier alpha value is -2.85. The van der Waals surface area contributed by atoms with E-state index in [0.29, 0.717) is 22.5 Å². The number of nitrogens with zero attached hydrogens (tertiary/aromatic N) is 3. The van der Waals surface area contributed by atoms with Crippen molar-refractivity contribution in [3.05, 3.63) is 57.3 Å². The van der Waals surface area contributed by atoms with Gasteiger partial charge in [-0.15, -0.1) is 0 Å². The molecule has 0 spiro atoms. The van der Waals surface area contributed by atoms with Crippen LogP contribution in [0.25, 0.3) is 11.0 Å². The van der Waals surface area contributed by atoms with Gasteiger partial charge in [0.05, 0.1) is 23.1 Å². The molecule has 0 unspecified atom stereocenters. The molecule has 2 heterocycles. The lowest BCUT2D eigenvalue weighted by molar-refractivity contribution is -0.142. The zero-order valence-electron chi connectivity index (χ0n) is 12.9. The molecule has 3 aromatic rings. The molecule has 0 saturated carbocycles. The molecule has 0 radical (unpaired) electrons. The second-order valence-electron chi connectivity index (χ2n) is 5.48. The van der Waals surface area contributed by atoms with Crippen molar-refractivity contribution in [2.45, 2.75) is 25.8 Å². The molecule has 0 aliphatic carbocycles. The van der Waals surface area contributed by atoms with E-state index in [1.807, 2.05) is 0 Å². The van der Waals surface area contributed by atoms with E-state index in [2.05, 4.69) is 10.1 Å². The highest BCUT2D eigenvalue weighted by molar-refractivity contribution is 5.76. The number of hydrogen-bond acceptors (Lipinski definition) is 4. The van der Waals surface area contributed by atoms with Gasteiger partial charge in [0, 0.05) is 6.07 Å². The van der Waals surface area contributed by atoms with Gasteiger partial charge in [0.15, 0.2) is 0 Å². The third-order valence-electron chi connectivity index (χ3n) is 3.54. The first-order chi connectivity index (χ1) is 12.0. The molecule has 0 saturated heterocycles.